The van der Waals surface area contributed by atoms with Gasteiger partial charge in [-0.15, -0.1) is 0 Å². The zero-order chi connectivity index (χ0) is 13.7. The van der Waals surface area contributed by atoms with Crippen molar-refractivity contribution < 1.29 is 9.47 Å². The van der Waals surface area contributed by atoms with Crippen LogP contribution in [0.5, 0.6) is 11.5 Å². The summed E-state index contributed by atoms with van der Waals surface area (Å²) in [5, 5.41) is 0.686. The molecule has 0 bridgehead atoms. The molecular weight excluding hydrogens is 262 g/mol. The molecule has 0 aliphatic rings. The van der Waals surface area contributed by atoms with Crippen LogP contribution in [-0.2, 0) is 6.61 Å². The van der Waals surface area contributed by atoms with Gasteiger partial charge in [-0.2, -0.15) is 0 Å². The molecule has 2 rings (SSSR count). The number of ether oxygens (including phenoxy) is 2. The first-order chi connectivity index (χ1) is 9.19. The standard InChI is InChI=1S/C15H16ClNO2/c1-2-18-15-8-5-13(17)9-11(15)10-19-14-6-3-12(16)4-7-14/h3-9H,2,10,17H2,1H3. The van der Waals surface area contributed by atoms with Gasteiger partial charge >= 0.3 is 0 Å². The van der Waals surface area contributed by atoms with Crippen molar-refractivity contribution in [3.05, 3.63) is 53.1 Å². The molecule has 2 aromatic carbocycles. The Bertz CT molecular complexity index is 540. The van der Waals surface area contributed by atoms with Crippen molar-refractivity contribution in [3.8, 4) is 11.5 Å². The number of nitrogens with two attached hydrogens (primary N) is 1. The first kappa shape index (κ1) is 13.6. The van der Waals surface area contributed by atoms with Crippen LogP contribution in [0, 0.1) is 0 Å². The van der Waals surface area contributed by atoms with Gasteiger partial charge < -0.3 is 15.2 Å². The number of rotatable bonds is 5. The summed E-state index contributed by atoms with van der Waals surface area (Å²) in [4.78, 5) is 0. The van der Waals surface area contributed by atoms with Crippen molar-refractivity contribution in [2.75, 3.05) is 12.3 Å². The van der Waals surface area contributed by atoms with Crippen LogP contribution in [0.25, 0.3) is 0 Å². The van der Waals surface area contributed by atoms with Crippen molar-refractivity contribution in [2.45, 2.75) is 13.5 Å². The van der Waals surface area contributed by atoms with Crippen LogP contribution >= 0.6 is 11.6 Å². The number of benzene rings is 2. The van der Waals surface area contributed by atoms with Crippen LogP contribution in [0.15, 0.2) is 42.5 Å². The third kappa shape index (κ3) is 3.80. The molecule has 0 aliphatic heterocycles. The van der Waals surface area contributed by atoms with E-state index in [9.17, 15) is 0 Å². The fourth-order valence-corrected chi connectivity index (χ4v) is 1.83. The van der Waals surface area contributed by atoms with Crippen molar-refractivity contribution in [1.29, 1.82) is 0 Å². The summed E-state index contributed by atoms with van der Waals surface area (Å²) in [6, 6.07) is 12.8. The molecule has 0 spiro atoms. The molecule has 0 aliphatic carbocycles. The lowest BCUT2D eigenvalue weighted by Gasteiger charge is -2.12. The molecule has 2 N–H and O–H groups in total. The molecule has 0 aromatic heterocycles. The third-order valence-corrected chi connectivity index (χ3v) is 2.84. The predicted molar refractivity (Wildman–Crippen MR) is 77.8 cm³/mol. The van der Waals surface area contributed by atoms with E-state index in [1.54, 1.807) is 12.1 Å². The largest absolute Gasteiger partial charge is 0.493 e. The van der Waals surface area contributed by atoms with E-state index in [0.29, 0.717) is 23.9 Å². The van der Waals surface area contributed by atoms with E-state index in [1.807, 2.05) is 37.3 Å². The molecule has 0 amide bonds. The molecule has 0 atom stereocenters. The van der Waals surface area contributed by atoms with Crippen molar-refractivity contribution in [1.82, 2.24) is 0 Å². The van der Waals surface area contributed by atoms with E-state index < -0.39 is 0 Å². The topological polar surface area (TPSA) is 44.5 Å². The molecule has 0 heterocycles. The van der Waals surface area contributed by atoms with Gasteiger partial charge in [0.1, 0.15) is 18.1 Å². The number of hydrogen-bond acceptors (Lipinski definition) is 3. The minimum atomic E-state index is 0.405. The minimum Gasteiger partial charge on any atom is -0.493 e. The van der Waals surface area contributed by atoms with E-state index >= 15 is 0 Å². The zero-order valence-corrected chi connectivity index (χ0v) is 11.5. The molecule has 0 fully saturated rings. The quantitative estimate of drug-likeness (QED) is 0.843. The maximum Gasteiger partial charge on any atom is 0.126 e. The van der Waals surface area contributed by atoms with Gasteiger partial charge in [-0.05, 0) is 49.4 Å². The summed E-state index contributed by atoms with van der Waals surface area (Å²) < 4.78 is 11.2. The van der Waals surface area contributed by atoms with E-state index in [-0.39, 0.29) is 0 Å². The maximum atomic E-state index is 5.82. The smallest absolute Gasteiger partial charge is 0.126 e. The highest BCUT2D eigenvalue weighted by Gasteiger charge is 2.05. The first-order valence-corrected chi connectivity index (χ1v) is 6.46. The van der Waals surface area contributed by atoms with Crippen LogP contribution in [-0.4, -0.2) is 6.61 Å². The Morgan fingerprint density at radius 3 is 2.47 bits per heavy atom. The third-order valence-electron chi connectivity index (χ3n) is 2.59. The summed E-state index contributed by atoms with van der Waals surface area (Å²) >= 11 is 5.82. The Balaban J connectivity index is 2.09. The molecule has 0 saturated carbocycles. The predicted octanol–water partition coefficient (Wildman–Crippen LogP) is 3.90. The van der Waals surface area contributed by atoms with Crippen LogP contribution in [0.4, 0.5) is 5.69 Å². The fraction of sp³-hybridized carbons (Fsp3) is 0.200. The zero-order valence-electron chi connectivity index (χ0n) is 10.7. The second kappa shape index (κ2) is 6.34. The SMILES string of the molecule is CCOc1ccc(N)cc1COc1ccc(Cl)cc1. The summed E-state index contributed by atoms with van der Waals surface area (Å²) in [7, 11) is 0. The van der Waals surface area contributed by atoms with E-state index in [4.69, 9.17) is 26.8 Å². The van der Waals surface area contributed by atoms with Gasteiger partial charge in [0.05, 0.1) is 6.61 Å². The molecule has 0 unspecified atom stereocenters. The molecule has 100 valence electrons. The van der Waals surface area contributed by atoms with Gasteiger partial charge in [-0.25, -0.2) is 0 Å². The Hall–Kier alpha value is -1.87. The Labute approximate surface area is 117 Å². The van der Waals surface area contributed by atoms with E-state index in [2.05, 4.69) is 0 Å². The lowest BCUT2D eigenvalue weighted by molar-refractivity contribution is 0.286. The van der Waals surface area contributed by atoms with Crippen molar-refractivity contribution in [2.24, 2.45) is 0 Å². The summed E-state index contributed by atoms with van der Waals surface area (Å²) in [5.74, 6) is 1.56. The molecule has 3 nitrogen and oxygen atoms in total. The molecular formula is C15H16ClNO2. The van der Waals surface area contributed by atoms with Crippen LogP contribution in [0.1, 0.15) is 12.5 Å². The highest BCUT2D eigenvalue weighted by Crippen LogP contribution is 2.24. The lowest BCUT2D eigenvalue weighted by Crippen LogP contribution is -2.02. The Morgan fingerprint density at radius 2 is 1.79 bits per heavy atom. The van der Waals surface area contributed by atoms with Gasteiger partial charge in [0.15, 0.2) is 0 Å². The fourth-order valence-electron chi connectivity index (χ4n) is 1.70. The summed E-state index contributed by atoms with van der Waals surface area (Å²) in [6.07, 6.45) is 0. The molecule has 19 heavy (non-hydrogen) atoms. The van der Waals surface area contributed by atoms with Gasteiger partial charge in [0.25, 0.3) is 0 Å². The van der Waals surface area contributed by atoms with Crippen LogP contribution < -0.4 is 15.2 Å². The highest BCUT2D eigenvalue weighted by molar-refractivity contribution is 6.30. The molecule has 4 heteroatoms. The second-order valence-corrected chi connectivity index (χ2v) is 4.48. The minimum absolute atomic E-state index is 0.405. The van der Waals surface area contributed by atoms with Crippen LogP contribution in [0.2, 0.25) is 5.02 Å². The van der Waals surface area contributed by atoms with Gasteiger partial charge in [-0.3, -0.25) is 0 Å². The van der Waals surface area contributed by atoms with Crippen molar-refractivity contribution in [3.63, 3.8) is 0 Å². The van der Waals surface area contributed by atoms with E-state index in [0.717, 1.165) is 17.1 Å². The first-order valence-electron chi connectivity index (χ1n) is 6.08. The molecule has 0 radical (unpaired) electrons. The number of halogens is 1. The summed E-state index contributed by atoms with van der Waals surface area (Å²) in [6.45, 7) is 2.96. The van der Waals surface area contributed by atoms with Crippen LogP contribution in [0.3, 0.4) is 0 Å². The van der Waals surface area contributed by atoms with Gasteiger partial charge in [0.2, 0.25) is 0 Å². The number of nitrogen functional groups attached to an aromatic ring is 1. The normalized spacial score (nSPS) is 10.2. The monoisotopic (exact) mass is 277 g/mol. The molecule has 2 aromatic rings. The Morgan fingerprint density at radius 1 is 1.05 bits per heavy atom. The lowest BCUT2D eigenvalue weighted by atomic mass is 10.2. The average Bonchev–Trinajstić information content (AvgIpc) is 2.41. The summed E-state index contributed by atoms with van der Waals surface area (Å²) in [5.41, 5.74) is 7.40. The average molecular weight is 278 g/mol. The molecule has 0 saturated heterocycles. The highest BCUT2D eigenvalue weighted by atomic mass is 35.5. The maximum absolute atomic E-state index is 5.82. The van der Waals surface area contributed by atoms with Gasteiger partial charge in [0, 0.05) is 16.3 Å². The van der Waals surface area contributed by atoms with Crippen molar-refractivity contribution >= 4 is 17.3 Å². The second-order valence-electron chi connectivity index (χ2n) is 4.04. The number of hydrogen-bond donors (Lipinski definition) is 1. The van der Waals surface area contributed by atoms with E-state index in [1.165, 1.54) is 0 Å². The van der Waals surface area contributed by atoms with Gasteiger partial charge in [-0.1, -0.05) is 11.6 Å². The number of anilines is 1. The Kier molecular flexibility index (Phi) is 4.53.